The molecule has 0 bridgehead atoms. The molecule has 1 aromatic carbocycles. The van der Waals surface area contributed by atoms with Gasteiger partial charge in [-0.1, -0.05) is 24.3 Å². The Hall–Kier alpha value is -1.00. The molecule has 0 amide bonds. The molecular formula is C12H17F2NO. The topological polar surface area (TPSA) is 21.3 Å². The SMILES string of the molecule is CCOCc1ccccc1CNCC(F)F. The van der Waals surface area contributed by atoms with Crippen molar-refractivity contribution < 1.29 is 13.5 Å². The van der Waals surface area contributed by atoms with Crippen LogP contribution in [0.15, 0.2) is 24.3 Å². The van der Waals surface area contributed by atoms with E-state index in [0.29, 0.717) is 19.8 Å². The number of alkyl halides is 2. The predicted molar refractivity (Wildman–Crippen MR) is 59.5 cm³/mol. The van der Waals surface area contributed by atoms with Gasteiger partial charge in [-0.25, -0.2) is 8.78 Å². The smallest absolute Gasteiger partial charge is 0.250 e. The standard InChI is InChI=1S/C12H17F2NO/c1-2-16-9-11-6-4-3-5-10(11)7-15-8-12(13)14/h3-6,12,15H,2,7-9H2,1H3. The molecule has 4 heteroatoms. The largest absolute Gasteiger partial charge is 0.377 e. The third-order valence-corrected chi connectivity index (χ3v) is 2.19. The van der Waals surface area contributed by atoms with E-state index >= 15 is 0 Å². The molecule has 0 aliphatic heterocycles. The summed E-state index contributed by atoms with van der Waals surface area (Å²) in [5.74, 6) is 0. The normalized spacial score (nSPS) is 11.0. The fourth-order valence-corrected chi connectivity index (χ4v) is 1.40. The molecule has 0 fully saturated rings. The maximum Gasteiger partial charge on any atom is 0.250 e. The average Bonchev–Trinajstić information content (AvgIpc) is 2.27. The molecule has 16 heavy (non-hydrogen) atoms. The number of benzene rings is 1. The summed E-state index contributed by atoms with van der Waals surface area (Å²) in [6.45, 7) is 3.29. The number of nitrogens with one attached hydrogen (secondary N) is 1. The Bertz CT molecular complexity index is 305. The Kier molecular flexibility index (Phi) is 5.96. The summed E-state index contributed by atoms with van der Waals surface area (Å²) < 4.78 is 29.2. The second-order valence-corrected chi connectivity index (χ2v) is 3.43. The van der Waals surface area contributed by atoms with E-state index in [0.717, 1.165) is 11.1 Å². The highest BCUT2D eigenvalue weighted by molar-refractivity contribution is 5.26. The molecule has 0 saturated carbocycles. The van der Waals surface area contributed by atoms with E-state index in [1.807, 2.05) is 31.2 Å². The van der Waals surface area contributed by atoms with E-state index < -0.39 is 6.43 Å². The van der Waals surface area contributed by atoms with Crippen molar-refractivity contribution in [1.82, 2.24) is 5.32 Å². The predicted octanol–water partition coefficient (Wildman–Crippen LogP) is 2.58. The van der Waals surface area contributed by atoms with E-state index in [2.05, 4.69) is 5.32 Å². The number of hydrogen-bond acceptors (Lipinski definition) is 2. The minimum Gasteiger partial charge on any atom is -0.377 e. The Morgan fingerprint density at radius 1 is 1.25 bits per heavy atom. The van der Waals surface area contributed by atoms with Crippen molar-refractivity contribution >= 4 is 0 Å². The average molecular weight is 229 g/mol. The number of hydrogen-bond donors (Lipinski definition) is 1. The van der Waals surface area contributed by atoms with Crippen molar-refractivity contribution in [2.75, 3.05) is 13.2 Å². The maximum atomic E-state index is 12.0. The van der Waals surface area contributed by atoms with Crippen LogP contribution in [0.5, 0.6) is 0 Å². The molecule has 0 atom stereocenters. The molecule has 1 N–H and O–H groups in total. The summed E-state index contributed by atoms with van der Waals surface area (Å²) in [5, 5.41) is 2.71. The Morgan fingerprint density at radius 2 is 1.94 bits per heavy atom. The van der Waals surface area contributed by atoms with Gasteiger partial charge >= 0.3 is 0 Å². The first-order chi connectivity index (χ1) is 7.74. The second-order valence-electron chi connectivity index (χ2n) is 3.43. The van der Waals surface area contributed by atoms with Crippen molar-refractivity contribution in [3.8, 4) is 0 Å². The first-order valence-corrected chi connectivity index (χ1v) is 5.37. The van der Waals surface area contributed by atoms with Crippen LogP contribution in [0.3, 0.4) is 0 Å². The van der Waals surface area contributed by atoms with Crippen molar-refractivity contribution in [3.05, 3.63) is 35.4 Å². The molecule has 0 aliphatic carbocycles. The highest BCUT2D eigenvalue weighted by Gasteiger charge is 2.04. The fraction of sp³-hybridized carbons (Fsp3) is 0.500. The lowest BCUT2D eigenvalue weighted by atomic mass is 10.1. The minimum absolute atomic E-state index is 0.275. The molecule has 0 spiro atoms. The summed E-state index contributed by atoms with van der Waals surface area (Å²) in [5.41, 5.74) is 2.06. The molecule has 0 unspecified atom stereocenters. The summed E-state index contributed by atoms with van der Waals surface area (Å²) in [4.78, 5) is 0. The van der Waals surface area contributed by atoms with Gasteiger partial charge in [-0.2, -0.15) is 0 Å². The van der Waals surface area contributed by atoms with Crippen LogP contribution in [0.1, 0.15) is 18.1 Å². The van der Waals surface area contributed by atoms with E-state index in [1.165, 1.54) is 0 Å². The van der Waals surface area contributed by atoms with E-state index in [9.17, 15) is 8.78 Å². The molecule has 90 valence electrons. The summed E-state index contributed by atoms with van der Waals surface area (Å²) in [7, 11) is 0. The second kappa shape index (κ2) is 7.30. The third kappa shape index (κ3) is 4.68. The summed E-state index contributed by atoms with van der Waals surface area (Å²) >= 11 is 0. The highest BCUT2D eigenvalue weighted by atomic mass is 19.3. The van der Waals surface area contributed by atoms with Gasteiger partial charge in [0.15, 0.2) is 0 Å². The van der Waals surface area contributed by atoms with Gasteiger partial charge in [0.2, 0.25) is 0 Å². The van der Waals surface area contributed by atoms with Crippen molar-refractivity contribution in [2.45, 2.75) is 26.5 Å². The molecular weight excluding hydrogens is 212 g/mol. The van der Waals surface area contributed by atoms with E-state index in [-0.39, 0.29) is 6.54 Å². The zero-order chi connectivity index (χ0) is 11.8. The van der Waals surface area contributed by atoms with Gasteiger partial charge in [0, 0.05) is 13.2 Å². The number of halogens is 2. The van der Waals surface area contributed by atoms with Gasteiger partial charge in [-0.3, -0.25) is 0 Å². The van der Waals surface area contributed by atoms with Crippen LogP contribution in [0.25, 0.3) is 0 Å². The third-order valence-electron chi connectivity index (χ3n) is 2.19. The lowest BCUT2D eigenvalue weighted by Gasteiger charge is -2.10. The highest BCUT2D eigenvalue weighted by Crippen LogP contribution is 2.10. The van der Waals surface area contributed by atoms with Crippen molar-refractivity contribution in [1.29, 1.82) is 0 Å². The van der Waals surface area contributed by atoms with Gasteiger partial charge in [-0.05, 0) is 18.1 Å². The first kappa shape index (κ1) is 13.1. The van der Waals surface area contributed by atoms with E-state index in [1.54, 1.807) is 0 Å². The Balaban J connectivity index is 2.49. The minimum atomic E-state index is -2.31. The molecule has 0 heterocycles. The lowest BCUT2D eigenvalue weighted by molar-refractivity contribution is 0.133. The Labute approximate surface area is 94.6 Å². The number of rotatable bonds is 7. The fourth-order valence-electron chi connectivity index (χ4n) is 1.40. The molecule has 0 aliphatic rings. The molecule has 0 radical (unpaired) electrons. The van der Waals surface area contributed by atoms with Crippen molar-refractivity contribution in [3.63, 3.8) is 0 Å². The van der Waals surface area contributed by atoms with Crippen LogP contribution in [0.4, 0.5) is 8.78 Å². The maximum absolute atomic E-state index is 12.0. The lowest BCUT2D eigenvalue weighted by Crippen LogP contribution is -2.21. The summed E-state index contributed by atoms with van der Waals surface area (Å²) in [6.07, 6.45) is -2.31. The van der Waals surface area contributed by atoms with Gasteiger partial charge < -0.3 is 10.1 Å². The van der Waals surface area contributed by atoms with Crippen LogP contribution >= 0.6 is 0 Å². The van der Waals surface area contributed by atoms with E-state index in [4.69, 9.17) is 4.74 Å². The van der Waals surface area contributed by atoms with Crippen LogP contribution < -0.4 is 5.32 Å². The van der Waals surface area contributed by atoms with Crippen LogP contribution in [-0.4, -0.2) is 19.6 Å². The van der Waals surface area contributed by atoms with Gasteiger partial charge in [-0.15, -0.1) is 0 Å². The molecule has 0 saturated heterocycles. The molecule has 1 rings (SSSR count). The molecule has 2 nitrogen and oxygen atoms in total. The van der Waals surface area contributed by atoms with Gasteiger partial charge in [0.25, 0.3) is 6.43 Å². The van der Waals surface area contributed by atoms with Crippen LogP contribution in [0, 0.1) is 0 Å². The zero-order valence-electron chi connectivity index (χ0n) is 9.38. The van der Waals surface area contributed by atoms with Gasteiger partial charge in [0.05, 0.1) is 13.2 Å². The zero-order valence-corrected chi connectivity index (χ0v) is 9.38. The summed E-state index contributed by atoms with van der Waals surface area (Å²) in [6, 6.07) is 7.70. The number of ether oxygens (including phenoxy) is 1. The van der Waals surface area contributed by atoms with Crippen molar-refractivity contribution in [2.24, 2.45) is 0 Å². The molecule has 0 aromatic heterocycles. The Morgan fingerprint density at radius 3 is 2.56 bits per heavy atom. The van der Waals surface area contributed by atoms with Gasteiger partial charge in [0.1, 0.15) is 0 Å². The quantitative estimate of drug-likeness (QED) is 0.776. The molecule has 1 aromatic rings. The first-order valence-electron chi connectivity index (χ1n) is 5.37. The monoisotopic (exact) mass is 229 g/mol. The van der Waals surface area contributed by atoms with Crippen LogP contribution in [-0.2, 0) is 17.9 Å². The van der Waals surface area contributed by atoms with Crippen LogP contribution in [0.2, 0.25) is 0 Å².